The highest BCUT2D eigenvalue weighted by molar-refractivity contribution is 5.81. The Bertz CT molecular complexity index is 216. The number of carbonyl (C=O) groups excluding carboxylic acids is 1. The van der Waals surface area contributed by atoms with Crippen LogP contribution in [0.5, 0.6) is 0 Å². The summed E-state index contributed by atoms with van der Waals surface area (Å²) in [6.45, 7) is 3.81. The molecular formula is C12H25N3O2. The van der Waals surface area contributed by atoms with Crippen LogP contribution in [0, 0.1) is 0 Å². The van der Waals surface area contributed by atoms with E-state index in [9.17, 15) is 4.79 Å². The van der Waals surface area contributed by atoms with E-state index >= 15 is 0 Å². The van der Waals surface area contributed by atoms with Crippen LogP contribution in [0.1, 0.15) is 25.7 Å². The van der Waals surface area contributed by atoms with Gasteiger partial charge in [-0.2, -0.15) is 0 Å². The molecule has 5 heteroatoms. The molecule has 0 bridgehead atoms. The molecule has 1 heterocycles. The lowest BCUT2D eigenvalue weighted by Crippen LogP contribution is -2.47. The largest absolute Gasteiger partial charge is 0.383 e. The molecule has 0 aromatic rings. The Balaban J connectivity index is 2.54. The first kappa shape index (κ1) is 14.4. The molecule has 3 N–H and O–H groups in total. The SMILES string of the molecule is COCCN(CCCN)C1CCCCNC1=O. The quantitative estimate of drug-likeness (QED) is 0.658. The van der Waals surface area contributed by atoms with E-state index < -0.39 is 0 Å². The van der Waals surface area contributed by atoms with Crippen LogP contribution in [0.3, 0.4) is 0 Å². The summed E-state index contributed by atoms with van der Waals surface area (Å²) in [4.78, 5) is 14.2. The predicted molar refractivity (Wildman–Crippen MR) is 67.8 cm³/mol. The standard InChI is InChI=1S/C12H25N3O2/c1-17-10-9-15(8-4-6-13)11-5-2-3-7-14-12(11)16/h11H,2-10,13H2,1H3,(H,14,16). The molecule has 1 rings (SSSR count). The van der Waals surface area contributed by atoms with E-state index in [-0.39, 0.29) is 11.9 Å². The third kappa shape index (κ3) is 5.02. The average molecular weight is 243 g/mol. The fourth-order valence-corrected chi connectivity index (χ4v) is 2.20. The van der Waals surface area contributed by atoms with Crippen LogP contribution >= 0.6 is 0 Å². The highest BCUT2D eigenvalue weighted by Crippen LogP contribution is 2.12. The molecule has 0 saturated carbocycles. The summed E-state index contributed by atoms with van der Waals surface area (Å²) in [5.74, 6) is 0.163. The lowest BCUT2D eigenvalue weighted by molar-refractivity contribution is -0.126. The summed E-state index contributed by atoms with van der Waals surface area (Å²) in [5.41, 5.74) is 5.54. The fraction of sp³-hybridized carbons (Fsp3) is 0.917. The van der Waals surface area contributed by atoms with Gasteiger partial charge < -0.3 is 15.8 Å². The molecule has 1 aliphatic rings. The first-order valence-corrected chi connectivity index (χ1v) is 6.50. The Kier molecular flexibility index (Phi) is 7.16. The zero-order valence-corrected chi connectivity index (χ0v) is 10.8. The van der Waals surface area contributed by atoms with Crippen molar-refractivity contribution in [3.63, 3.8) is 0 Å². The van der Waals surface area contributed by atoms with Crippen molar-refractivity contribution < 1.29 is 9.53 Å². The van der Waals surface area contributed by atoms with Crippen molar-refractivity contribution in [1.29, 1.82) is 0 Å². The van der Waals surface area contributed by atoms with Gasteiger partial charge in [-0.25, -0.2) is 0 Å². The van der Waals surface area contributed by atoms with Crippen LogP contribution in [-0.2, 0) is 9.53 Å². The van der Waals surface area contributed by atoms with Gasteiger partial charge in [0.1, 0.15) is 0 Å². The molecule has 0 spiro atoms. The van der Waals surface area contributed by atoms with Gasteiger partial charge in [-0.15, -0.1) is 0 Å². The first-order chi connectivity index (χ1) is 8.29. The maximum atomic E-state index is 12.0. The minimum atomic E-state index is -0.000741. The van der Waals surface area contributed by atoms with Gasteiger partial charge in [0.15, 0.2) is 0 Å². The van der Waals surface area contributed by atoms with Crippen LogP contribution in [0.15, 0.2) is 0 Å². The van der Waals surface area contributed by atoms with Gasteiger partial charge in [-0.1, -0.05) is 0 Å². The molecule has 100 valence electrons. The topological polar surface area (TPSA) is 67.6 Å². The van der Waals surface area contributed by atoms with E-state index in [1.807, 2.05) is 0 Å². The van der Waals surface area contributed by atoms with Gasteiger partial charge in [0.25, 0.3) is 0 Å². The smallest absolute Gasteiger partial charge is 0.237 e. The normalized spacial score (nSPS) is 21.4. The molecule has 1 fully saturated rings. The second kappa shape index (κ2) is 8.44. The number of hydrogen-bond donors (Lipinski definition) is 2. The van der Waals surface area contributed by atoms with Crippen LogP contribution < -0.4 is 11.1 Å². The lowest BCUT2D eigenvalue weighted by atomic mass is 10.1. The number of ether oxygens (including phenoxy) is 1. The maximum Gasteiger partial charge on any atom is 0.237 e. The number of methoxy groups -OCH3 is 1. The summed E-state index contributed by atoms with van der Waals surface area (Å²) in [6.07, 6.45) is 4.06. The van der Waals surface area contributed by atoms with Crippen molar-refractivity contribution in [3.8, 4) is 0 Å². The number of amides is 1. The zero-order valence-electron chi connectivity index (χ0n) is 10.8. The van der Waals surface area contributed by atoms with Gasteiger partial charge in [0.2, 0.25) is 5.91 Å². The highest BCUT2D eigenvalue weighted by Gasteiger charge is 2.26. The number of nitrogens with two attached hydrogens (primary N) is 1. The molecule has 5 nitrogen and oxygen atoms in total. The Labute approximate surface area is 104 Å². The summed E-state index contributed by atoms with van der Waals surface area (Å²) < 4.78 is 5.10. The van der Waals surface area contributed by atoms with E-state index in [2.05, 4.69) is 10.2 Å². The second-order valence-electron chi connectivity index (χ2n) is 4.47. The van der Waals surface area contributed by atoms with Crippen molar-refractivity contribution in [2.24, 2.45) is 5.73 Å². The van der Waals surface area contributed by atoms with Crippen LogP contribution in [0.4, 0.5) is 0 Å². The average Bonchev–Trinajstić information content (AvgIpc) is 2.55. The van der Waals surface area contributed by atoms with Crippen molar-refractivity contribution in [2.45, 2.75) is 31.7 Å². The van der Waals surface area contributed by atoms with E-state index in [1.54, 1.807) is 7.11 Å². The molecule has 1 amide bonds. The minimum absolute atomic E-state index is 0.000741. The van der Waals surface area contributed by atoms with Crippen LogP contribution in [0.2, 0.25) is 0 Å². The lowest BCUT2D eigenvalue weighted by Gasteiger charge is -2.29. The maximum absolute atomic E-state index is 12.0. The highest BCUT2D eigenvalue weighted by atomic mass is 16.5. The Morgan fingerprint density at radius 3 is 3.00 bits per heavy atom. The summed E-state index contributed by atoms with van der Waals surface area (Å²) in [7, 11) is 1.69. The second-order valence-corrected chi connectivity index (χ2v) is 4.47. The Morgan fingerprint density at radius 1 is 1.47 bits per heavy atom. The molecule has 0 aromatic heterocycles. The van der Waals surface area contributed by atoms with Gasteiger partial charge in [-0.05, 0) is 32.2 Å². The molecule has 1 atom stereocenters. The third-order valence-corrected chi connectivity index (χ3v) is 3.18. The van der Waals surface area contributed by atoms with Gasteiger partial charge in [0, 0.05) is 26.7 Å². The van der Waals surface area contributed by atoms with Gasteiger partial charge in [-0.3, -0.25) is 9.69 Å². The molecule has 1 unspecified atom stereocenters. The zero-order chi connectivity index (χ0) is 12.5. The first-order valence-electron chi connectivity index (χ1n) is 6.50. The number of nitrogens with zero attached hydrogens (tertiary/aromatic N) is 1. The number of hydrogen-bond acceptors (Lipinski definition) is 4. The molecular weight excluding hydrogens is 218 g/mol. The van der Waals surface area contributed by atoms with E-state index in [0.717, 1.165) is 45.3 Å². The third-order valence-electron chi connectivity index (χ3n) is 3.18. The van der Waals surface area contributed by atoms with Crippen LogP contribution in [-0.4, -0.2) is 56.7 Å². The Morgan fingerprint density at radius 2 is 2.29 bits per heavy atom. The number of rotatable bonds is 7. The van der Waals surface area contributed by atoms with Crippen LogP contribution in [0.25, 0.3) is 0 Å². The van der Waals surface area contributed by atoms with E-state index in [1.165, 1.54) is 0 Å². The fourth-order valence-electron chi connectivity index (χ4n) is 2.20. The van der Waals surface area contributed by atoms with E-state index in [4.69, 9.17) is 10.5 Å². The van der Waals surface area contributed by atoms with Crippen molar-refractivity contribution >= 4 is 5.91 Å². The number of carbonyl (C=O) groups is 1. The molecule has 1 aliphatic heterocycles. The Hall–Kier alpha value is -0.650. The van der Waals surface area contributed by atoms with Gasteiger partial charge in [0.05, 0.1) is 12.6 Å². The van der Waals surface area contributed by atoms with Crippen molar-refractivity contribution in [3.05, 3.63) is 0 Å². The predicted octanol–water partition coefficient (Wildman–Crippen LogP) is -0.0477. The molecule has 0 radical (unpaired) electrons. The summed E-state index contributed by atoms with van der Waals surface area (Å²) in [6, 6.07) is -0.000741. The molecule has 1 saturated heterocycles. The van der Waals surface area contributed by atoms with Crippen molar-refractivity contribution in [2.75, 3.05) is 39.9 Å². The van der Waals surface area contributed by atoms with Gasteiger partial charge >= 0.3 is 0 Å². The number of nitrogens with one attached hydrogen (secondary N) is 1. The van der Waals surface area contributed by atoms with Crippen molar-refractivity contribution in [1.82, 2.24) is 10.2 Å². The monoisotopic (exact) mass is 243 g/mol. The molecule has 0 aromatic carbocycles. The molecule has 0 aliphatic carbocycles. The van der Waals surface area contributed by atoms with E-state index in [0.29, 0.717) is 13.2 Å². The summed E-state index contributed by atoms with van der Waals surface area (Å²) >= 11 is 0. The molecule has 17 heavy (non-hydrogen) atoms. The minimum Gasteiger partial charge on any atom is -0.383 e. The summed E-state index contributed by atoms with van der Waals surface area (Å²) in [5, 5.41) is 2.98.